The molecule has 2 aliphatic heterocycles. The maximum atomic E-state index is 9.28. The topological polar surface area (TPSA) is 33.5 Å². The third-order valence-corrected chi connectivity index (χ3v) is 5.44. The summed E-state index contributed by atoms with van der Waals surface area (Å²) in [6, 6.07) is 8.59. The predicted molar refractivity (Wildman–Crippen MR) is 93.5 cm³/mol. The van der Waals surface area contributed by atoms with Crippen LogP contribution in [0.25, 0.3) is 0 Å². The van der Waals surface area contributed by atoms with Crippen molar-refractivity contribution in [3.8, 4) is 6.07 Å². The first-order chi connectivity index (χ1) is 11.2. The van der Waals surface area contributed by atoms with E-state index in [1.165, 1.54) is 32.6 Å². The van der Waals surface area contributed by atoms with Crippen LogP contribution in [-0.4, -0.2) is 66.6 Å². The fourth-order valence-electron chi connectivity index (χ4n) is 3.73. The second kappa shape index (κ2) is 7.63. The van der Waals surface area contributed by atoms with Crippen LogP contribution in [0.15, 0.2) is 18.2 Å². The molecule has 0 spiro atoms. The lowest BCUT2D eigenvalue weighted by Crippen LogP contribution is -2.50. The van der Waals surface area contributed by atoms with Crippen molar-refractivity contribution in [2.24, 2.45) is 0 Å². The molecule has 2 heterocycles. The number of hydrogen-bond donors (Lipinski definition) is 0. The molecule has 0 radical (unpaired) electrons. The minimum atomic E-state index is 0.637. The van der Waals surface area contributed by atoms with E-state index in [-0.39, 0.29) is 0 Å². The third kappa shape index (κ3) is 4.05. The van der Waals surface area contributed by atoms with Gasteiger partial charge in [0.15, 0.2) is 0 Å². The van der Waals surface area contributed by atoms with E-state index >= 15 is 0 Å². The minimum absolute atomic E-state index is 0.637. The number of benzene rings is 1. The number of likely N-dealkylation sites (N-methyl/N-ethyl adjacent to an activating group) is 1. The summed E-state index contributed by atoms with van der Waals surface area (Å²) >= 11 is 5.99. The van der Waals surface area contributed by atoms with Gasteiger partial charge < -0.3 is 4.90 Å². The van der Waals surface area contributed by atoms with Crippen LogP contribution in [0.5, 0.6) is 0 Å². The van der Waals surface area contributed by atoms with Crippen molar-refractivity contribution < 1.29 is 0 Å². The maximum absolute atomic E-state index is 9.28. The molecule has 2 saturated heterocycles. The number of halogens is 1. The molecule has 1 aromatic carbocycles. The minimum Gasteiger partial charge on any atom is -0.301 e. The van der Waals surface area contributed by atoms with Crippen molar-refractivity contribution in [2.75, 3.05) is 45.8 Å². The van der Waals surface area contributed by atoms with Crippen LogP contribution in [0.3, 0.4) is 0 Å². The monoisotopic (exact) mass is 332 g/mol. The number of likely N-dealkylation sites (tertiary alicyclic amines) is 1. The highest BCUT2D eigenvalue weighted by molar-refractivity contribution is 6.30. The number of nitrogens with zero attached hydrogens (tertiary/aromatic N) is 4. The fourth-order valence-corrected chi connectivity index (χ4v) is 3.90. The van der Waals surface area contributed by atoms with Crippen molar-refractivity contribution in [3.63, 3.8) is 0 Å². The van der Waals surface area contributed by atoms with E-state index in [4.69, 9.17) is 11.6 Å². The van der Waals surface area contributed by atoms with Crippen molar-refractivity contribution >= 4 is 11.6 Å². The highest BCUT2D eigenvalue weighted by Gasteiger charge is 2.29. The Kier molecular flexibility index (Phi) is 5.55. The van der Waals surface area contributed by atoms with Gasteiger partial charge in [-0.1, -0.05) is 24.6 Å². The highest BCUT2D eigenvalue weighted by Crippen LogP contribution is 2.22. The quantitative estimate of drug-likeness (QED) is 0.848. The van der Waals surface area contributed by atoms with Gasteiger partial charge in [-0.25, -0.2) is 0 Å². The Hall–Kier alpha value is -1.12. The zero-order valence-corrected chi connectivity index (χ0v) is 14.6. The lowest BCUT2D eigenvalue weighted by Gasteiger charge is -2.37. The molecule has 1 atom stereocenters. The predicted octanol–water partition coefficient (Wildman–Crippen LogP) is 2.42. The van der Waals surface area contributed by atoms with E-state index in [0.717, 1.165) is 31.7 Å². The van der Waals surface area contributed by atoms with Gasteiger partial charge in [-0.05, 0) is 30.7 Å². The molecule has 23 heavy (non-hydrogen) atoms. The van der Waals surface area contributed by atoms with Gasteiger partial charge in [-0.15, -0.1) is 0 Å². The van der Waals surface area contributed by atoms with E-state index < -0.39 is 0 Å². The summed E-state index contributed by atoms with van der Waals surface area (Å²) in [4.78, 5) is 7.65. The highest BCUT2D eigenvalue weighted by atomic mass is 35.5. The zero-order valence-electron chi connectivity index (χ0n) is 13.8. The summed E-state index contributed by atoms with van der Waals surface area (Å²) in [5, 5.41) is 9.92. The van der Waals surface area contributed by atoms with Crippen molar-refractivity contribution in [1.29, 1.82) is 5.26 Å². The maximum Gasteiger partial charge on any atom is 0.0995 e. The zero-order chi connectivity index (χ0) is 16.2. The van der Waals surface area contributed by atoms with Crippen LogP contribution in [0.4, 0.5) is 0 Å². The average Bonchev–Trinajstić information content (AvgIpc) is 3.05. The molecular weight excluding hydrogens is 308 g/mol. The number of nitriles is 1. The van der Waals surface area contributed by atoms with E-state index in [1.54, 1.807) is 6.07 Å². The summed E-state index contributed by atoms with van der Waals surface area (Å²) in [6.45, 7) is 11.3. The van der Waals surface area contributed by atoms with Gasteiger partial charge in [0.05, 0.1) is 11.6 Å². The summed E-state index contributed by atoms with van der Waals surface area (Å²) < 4.78 is 0. The van der Waals surface area contributed by atoms with Gasteiger partial charge in [-0.2, -0.15) is 5.26 Å². The lowest BCUT2D eigenvalue weighted by atomic mass is 10.1. The first-order valence-electron chi connectivity index (χ1n) is 8.57. The second-order valence-corrected chi connectivity index (χ2v) is 7.00. The molecule has 0 unspecified atom stereocenters. The first-order valence-corrected chi connectivity index (χ1v) is 8.94. The molecular formula is C18H25ClN4. The Morgan fingerprint density at radius 3 is 2.65 bits per heavy atom. The molecule has 0 saturated carbocycles. The smallest absolute Gasteiger partial charge is 0.0995 e. The summed E-state index contributed by atoms with van der Waals surface area (Å²) in [6.07, 6.45) is 1.24. The van der Waals surface area contributed by atoms with Crippen LogP contribution in [0, 0.1) is 11.3 Å². The number of piperazine rings is 1. The second-order valence-electron chi connectivity index (χ2n) is 6.56. The third-order valence-electron chi connectivity index (χ3n) is 5.20. The first kappa shape index (κ1) is 16.7. The summed E-state index contributed by atoms with van der Waals surface area (Å²) in [5.74, 6) is 0. The van der Waals surface area contributed by atoms with E-state index in [1.807, 2.05) is 12.1 Å². The molecule has 2 aliphatic rings. The fraction of sp³-hybridized carbons (Fsp3) is 0.611. The summed E-state index contributed by atoms with van der Waals surface area (Å²) in [5.41, 5.74) is 1.80. The van der Waals surface area contributed by atoms with Gasteiger partial charge in [0, 0.05) is 56.9 Å². The molecule has 5 heteroatoms. The molecule has 0 N–H and O–H groups in total. The van der Waals surface area contributed by atoms with Gasteiger partial charge in [0.25, 0.3) is 0 Å². The van der Waals surface area contributed by atoms with Gasteiger partial charge >= 0.3 is 0 Å². The SMILES string of the molecule is CCN1CCN([C@H]2CCN(Cc3ccc(Cl)cc3C#N)C2)CC1. The molecule has 0 amide bonds. The largest absolute Gasteiger partial charge is 0.301 e. The van der Waals surface area contributed by atoms with Crippen LogP contribution in [0.2, 0.25) is 5.02 Å². The van der Waals surface area contributed by atoms with E-state index in [2.05, 4.69) is 27.7 Å². The molecule has 3 rings (SSSR count). The van der Waals surface area contributed by atoms with Crippen LogP contribution in [0.1, 0.15) is 24.5 Å². The Morgan fingerprint density at radius 2 is 1.96 bits per heavy atom. The summed E-state index contributed by atoms with van der Waals surface area (Å²) in [7, 11) is 0. The van der Waals surface area contributed by atoms with Gasteiger partial charge in [0.1, 0.15) is 0 Å². The van der Waals surface area contributed by atoms with Gasteiger partial charge in [-0.3, -0.25) is 9.80 Å². The van der Waals surface area contributed by atoms with E-state index in [0.29, 0.717) is 16.6 Å². The normalized spacial score (nSPS) is 24.0. The van der Waals surface area contributed by atoms with Crippen molar-refractivity contribution in [2.45, 2.75) is 25.9 Å². The lowest BCUT2D eigenvalue weighted by molar-refractivity contribution is 0.101. The van der Waals surface area contributed by atoms with Crippen molar-refractivity contribution in [1.82, 2.24) is 14.7 Å². The molecule has 124 valence electrons. The molecule has 4 nitrogen and oxygen atoms in total. The Bertz CT molecular complexity index is 575. The Balaban J connectivity index is 1.55. The number of rotatable bonds is 4. The van der Waals surface area contributed by atoms with Crippen molar-refractivity contribution in [3.05, 3.63) is 34.3 Å². The van der Waals surface area contributed by atoms with Crippen LogP contribution in [-0.2, 0) is 6.54 Å². The standard InChI is InChI=1S/C18H25ClN4/c1-2-21-7-9-23(10-8-21)18-5-6-22(14-18)13-15-3-4-17(19)11-16(15)12-20/h3-4,11,18H,2,5-10,13-14H2,1H3/t18-/m0/s1. The van der Waals surface area contributed by atoms with E-state index in [9.17, 15) is 5.26 Å². The van der Waals surface area contributed by atoms with Gasteiger partial charge in [0.2, 0.25) is 0 Å². The molecule has 0 aliphatic carbocycles. The molecule has 0 aromatic heterocycles. The Morgan fingerprint density at radius 1 is 1.17 bits per heavy atom. The van der Waals surface area contributed by atoms with Crippen LogP contribution < -0.4 is 0 Å². The average molecular weight is 333 g/mol. The Labute approximate surface area is 144 Å². The molecule has 0 bridgehead atoms. The number of hydrogen-bond acceptors (Lipinski definition) is 4. The molecule has 1 aromatic rings. The molecule has 2 fully saturated rings. The van der Waals surface area contributed by atoms with Crippen LogP contribution >= 0.6 is 11.6 Å².